The summed E-state index contributed by atoms with van der Waals surface area (Å²) in [6.07, 6.45) is 8.58. The minimum atomic E-state index is -0.147. The fourth-order valence-electron chi connectivity index (χ4n) is 3.53. The number of Topliss-reactive ketones (excluding diaryl/α,β-unsaturated/α-hetero) is 1. The molecule has 0 aromatic carbocycles. The summed E-state index contributed by atoms with van der Waals surface area (Å²) in [6.45, 7) is 21.5. The molecule has 0 aromatic heterocycles. The van der Waals surface area contributed by atoms with Crippen LogP contribution < -0.4 is 0 Å². The molecule has 2 aliphatic rings. The molecule has 2 N–H and O–H groups in total. The van der Waals surface area contributed by atoms with Crippen LogP contribution in [0.2, 0.25) is 0 Å². The Hall–Kier alpha value is -1.75. The number of aliphatic hydroxyl groups is 2. The summed E-state index contributed by atoms with van der Waals surface area (Å²) in [7, 11) is 0. The lowest BCUT2D eigenvalue weighted by Crippen LogP contribution is -2.38. The van der Waals surface area contributed by atoms with Gasteiger partial charge in [0.1, 0.15) is 0 Å². The maximum Gasteiger partial charge on any atom is 0.159 e. The van der Waals surface area contributed by atoms with E-state index in [1.54, 1.807) is 6.92 Å². The quantitative estimate of drug-likeness (QED) is 0.447. The predicted molar refractivity (Wildman–Crippen MR) is 131 cm³/mol. The monoisotopic (exact) mass is 432 g/mol. The summed E-state index contributed by atoms with van der Waals surface area (Å²) in [5.41, 5.74) is 5.09. The molecule has 31 heavy (non-hydrogen) atoms. The maximum absolute atomic E-state index is 11.8. The highest BCUT2D eigenvalue weighted by Gasteiger charge is 2.36. The van der Waals surface area contributed by atoms with E-state index in [0.717, 1.165) is 29.6 Å². The van der Waals surface area contributed by atoms with Crippen molar-refractivity contribution in [3.63, 3.8) is 0 Å². The number of hydrogen-bond acceptors (Lipinski definition) is 4. The number of fused-ring (bicyclic) bond motifs is 1. The lowest BCUT2D eigenvalue weighted by molar-refractivity contribution is -0.119. The number of carbonyl (C=O) groups excluding carboxylic acids is 1. The molecule has 1 heterocycles. The number of allylic oxidation sites excluding steroid dienone is 3. The van der Waals surface area contributed by atoms with Gasteiger partial charge in [0.25, 0.3) is 0 Å². The third-order valence-corrected chi connectivity index (χ3v) is 5.21. The lowest BCUT2D eigenvalue weighted by atomic mass is 9.79. The van der Waals surface area contributed by atoms with Gasteiger partial charge in [-0.3, -0.25) is 4.79 Å². The molecule has 0 spiro atoms. The van der Waals surface area contributed by atoms with Crippen molar-refractivity contribution in [2.45, 2.75) is 85.4 Å². The van der Waals surface area contributed by atoms with Crippen LogP contribution in [0.5, 0.6) is 0 Å². The van der Waals surface area contributed by atoms with Gasteiger partial charge in [-0.05, 0) is 70.1 Å². The van der Waals surface area contributed by atoms with Crippen LogP contribution in [0, 0.1) is 5.92 Å². The highest BCUT2D eigenvalue weighted by atomic mass is 16.5. The van der Waals surface area contributed by atoms with Crippen LogP contribution in [0.4, 0.5) is 0 Å². The normalized spacial score (nSPS) is 21.9. The Morgan fingerprint density at radius 3 is 2.13 bits per heavy atom. The van der Waals surface area contributed by atoms with Gasteiger partial charge in [0.05, 0.1) is 18.8 Å². The van der Waals surface area contributed by atoms with Crippen LogP contribution in [-0.2, 0) is 9.53 Å². The Labute approximate surface area is 190 Å². The molecular formula is C27H44O4. The van der Waals surface area contributed by atoms with Crippen molar-refractivity contribution in [1.29, 1.82) is 0 Å². The molecule has 4 heteroatoms. The SMILES string of the molecule is C=C(C)CCCC(=C)C.C=C(CCO)CC1C=C(CO)C2CC(=O)C(C)=CC2O1.CC. The van der Waals surface area contributed by atoms with Crippen LogP contribution in [0.1, 0.15) is 73.1 Å². The molecule has 0 radical (unpaired) electrons. The Morgan fingerprint density at radius 1 is 1.06 bits per heavy atom. The molecule has 3 atom stereocenters. The Kier molecular flexibility index (Phi) is 15.1. The molecule has 1 aliphatic heterocycles. The highest BCUT2D eigenvalue weighted by molar-refractivity contribution is 5.96. The first-order valence-corrected chi connectivity index (χ1v) is 11.4. The molecule has 0 aromatic rings. The van der Waals surface area contributed by atoms with E-state index < -0.39 is 0 Å². The molecule has 3 unspecified atom stereocenters. The molecular weight excluding hydrogens is 388 g/mol. The van der Waals surface area contributed by atoms with Gasteiger partial charge in [0.2, 0.25) is 0 Å². The molecule has 176 valence electrons. The molecule has 1 aliphatic carbocycles. The standard InChI is InChI=1S/C16H22O4.C9H16.C2H6/c1-10(3-4-17)5-13-7-12(9-18)14-8-15(19)11(2)6-16(14)20-13;1-8(2)6-5-7-9(3)4;1-2/h6-7,13-14,16-18H,1,3-5,8-9H2,2H3;1,3,5-7H2,2,4H3;1-2H3. The summed E-state index contributed by atoms with van der Waals surface area (Å²) in [4.78, 5) is 11.8. The predicted octanol–water partition coefficient (Wildman–Crippen LogP) is 5.87. The summed E-state index contributed by atoms with van der Waals surface area (Å²) in [6, 6.07) is 0. The van der Waals surface area contributed by atoms with Gasteiger partial charge >= 0.3 is 0 Å². The van der Waals surface area contributed by atoms with Crippen molar-refractivity contribution >= 4 is 5.78 Å². The van der Waals surface area contributed by atoms with E-state index in [-0.39, 0.29) is 37.1 Å². The van der Waals surface area contributed by atoms with Crippen molar-refractivity contribution in [1.82, 2.24) is 0 Å². The largest absolute Gasteiger partial charge is 0.396 e. The van der Waals surface area contributed by atoms with E-state index in [2.05, 4.69) is 33.6 Å². The van der Waals surface area contributed by atoms with Crippen molar-refractivity contribution < 1.29 is 19.7 Å². The molecule has 4 nitrogen and oxygen atoms in total. The minimum absolute atomic E-state index is 0.0430. The smallest absolute Gasteiger partial charge is 0.159 e. The number of hydrogen-bond donors (Lipinski definition) is 2. The van der Waals surface area contributed by atoms with E-state index in [1.807, 2.05) is 26.0 Å². The highest BCUT2D eigenvalue weighted by Crippen LogP contribution is 2.35. The zero-order valence-electron chi connectivity index (χ0n) is 20.4. The van der Waals surface area contributed by atoms with E-state index in [1.165, 1.54) is 17.6 Å². The molecule has 0 fully saturated rings. The fourth-order valence-corrected chi connectivity index (χ4v) is 3.53. The third kappa shape index (κ3) is 11.4. The van der Waals surface area contributed by atoms with Crippen molar-refractivity contribution in [2.24, 2.45) is 5.92 Å². The first kappa shape index (κ1) is 29.2. The Bertz CT molecular complexity index is 655. The zero-order chi connectivity index (χ0) is 24.0. The maximum atomic E-state index is 11.8. The van der Waals surface area contributed by atoms with Crippen molar-refractivity contribution in [3.05, 3.63) is 59.8 Å². The number of rotatable bonds is 9. The first-order valence-electron chi connectivity index (χ1n) is 11.4. The summed E-state index contributed by atoms with van der Waals surface area (Å²) < 4.78 is 6.00. The third-order valence-electron chi connectivity index (χ3n) is 5.21. The Balaban J connectivity index is 0.000000692. The van der Waals surface area contributed by atoms with Crippen LogP contribution in [0.15, 0.2) is 59.8 Å². The molecule has 2 rings (SSSR count). The van der Waals surface area contributed by atoms with Gasteiger partial charge in [0.15, 0.2) is 5.78 Å². The fraction of sp³-hybridized carbons (Fsp3) is 0.593. The minimum Gasteiger partial charge on any atom is -0.396 e. The van der Waals surface area contributed by atoms with Gasteiger partial charge in [-0.25, -0.2) is 0 Å². The second kappa shape index (κ2) is 16.0. The van der Waals surface area contributed by atoms with Crippen molar-refractivity contribution in [2.75, 3.05) is 13.2 Å². The van der Waals surface area contributed by atoms with Gasteiger partial charge in [0, 0.05) is 18.9 Å². The van der Waals surface area contributed by atoms with Gasteiger partial charge in [-0.2, -0.15) is 0 Å². The van der Waals surface area contributed by atoms with Crippen molar-refractivity contribution in [3.8, 4) is 0 Å². The van der Waals surface area contributed by atoms with Crippen LogP contribution in [-0.4, -0.2) is 41.4 Å². The van der Waals surface area contributed by atoms with E-state index in [4.69, 9.17) is 9.84 Å². The van der Waals surface area contributed by atoms with E-state index in [0.29, 0.717) is 19.3 Å². The second-order valence-electron chi connectivity index (χ2n) is 8.32. The van der Waals surface area contributed by atoms with Crippen LogP contribution >= 0.6 is 0 Å². The van der Waals surface area contributed by atoms with Crippen LogP contribution in [0.3, 0.4) is 0 Å². The number of aliphatic hydroxyl groups excluding tert-OH is 2. The lowest BCUT2D eigenvalue weighted by Gasteiger charge is -2.37. The number of carbonyl (C=O) groups is 1. The van der Waals surface area contributed by atoms with E-state index in [9.17, 15) is 9.90 Å². The first-order chi connectivity index (χ1) is 14.7. The summed E-state index contributed by atoms with van der Waals surface area (Å²) in [5.74, 6) is 0.0795. The Morgan fingerprint density at radius 2 is 1.65 bits per heavy atom. The van der Waals surface area contributed by atoms with Gasteiger partial charge in [-0.15, -0.1) is 13.2 Å². The van der Waals surface area contributed by atoms with Gasteiger partial charge in [-0.1, -0.05) is 43.2 Å². The summed E-state index contributed by atoms with van der Waals surface area (Å²) in [5, 5.41) is 18.4. The topological polar surface area (TPSA) is 66.8 Å². The molecule has 0 saturated heterocycles. The molecule has 0 saturated carbocycles. The average molecular weight is 433 g/mol. The zero-order valence-corrected chi connectivity index (χ0v) is 20.4. The molecule has 0 amide bonds. The molecule has 0 bridgehead atoms. The average Bonchev–Trinajstić information content (AvgIpc) is 2.70. The van der Waals surface area contributed by atoms with Gasteiger partial charge < -0.3 is 14.9 Å². The number of ether oxygens (including phenoxy) is 1. The van der Waals surface area contributed by atoms with E-state index >= 15 is 0 Å². The number of ketones is 1. The second-order valence-corrected chi connectivity index (χ2v) is 8.32. The summed E-state index contributed by atoms with van der Waals surface area (Å²) >= 11 is 0. The van der Waals surface area contributed by atoms with Crippen LogP contribution in [0.25, 0.3) is 0 Å².